The second-order valence-electron chi connectivity index (χ2n) is 6.58. The summed E-state index contributed by atoms with van der Waals surface area (Å²) in [4.78, 5) is 12.7. The van der Waals surface area contributed by atoms with Gasteiger partial charge < -0.3 is 10.1 Å². The number of fused-ring (bicyclic) bond motifs is 1. The molecule has 4 heteroatoms. The van der Waals surface area contributed by atoms with E-state index in [-0.39, 0.29) is 11.9 Å². The number of halogens is 1. The van der Waals surface area contributed by atoms with Crippen molar-refractivity contribution in [1.29, 1.82) is 0 Å². The Morgan fingerprint density at radius 2 is 2.12 bits per heavy atom. The van der Waals surface area contributed by atoms with Crippen LogP contribution in [0.4, 0.5) is 0 Å². The zero-order valence-electron chi connectivity index (χ0n) is 14.7. The summed E-state index contributed by atoms with van der Waals surface area (Å²) in [5.41, 5.74) is 3.51. The summed E-state index contributed by atoms with van der Waals surface area (Å²) in [6.45, 7) is 3.89. The lowest BCUT2D eigenvalue weighted by atomic mass is 9.87. The van der Waals surface area contributed by atoms with Crippen LogP contribution in [0, 0.1) is 6.92 Å². The molecule has 0 spiro atoms. The van der Waals surface area contributed by atoms with Crippen molar-refractivity contribution < 1.29 is 9.53 Å². The number of carbonyl (C=O) groups excluding carboxylic acids is 1. The molecule has 1 aliphatic carbocycles. The molecule has 0 fully saturated rings. The zero-order valence-corrected chi connectivity index (χ0v) is 15.5. The Bertz CT molecular complexity index is 759. The first-order valence-electron chi connectivity index (χ1n) is 8.89. The van der Waals surface area contributed by atoms with Crippen molar-refractivity contribution in [3.05, 3.63) is 64.2 Å². The molecule has 0 aliphatic heterocycles. The van der Waals surface area contributed by atoms with Gasteiger partial charge in [0, 0.05) is 5.02 Å². The van der Waals surface area contributed by atoms with Gasteiger partial charge in [0.1, 0.15) is 5.75 Å². The SMILES string of the molecule is CC[C@@H](Oc1ccc(Cl)c(C)c1)C(=O)N[C@@H]1CCCc2ccccc21. The molecular weight excluding hydrogens is 334 g/mol. The highest BCUT2D eigenvalue weighted by atomic mass is 35.5. The largest absolute Gasteiger partial charge is 0.481 e. The normalized spacial score (nSPS) is 17.5. The van der Waals surface area contributed by atoms with Crippen LogP contribution >= 0.6 is 11.6 Å². The van der Waals surface area contributed by atoms with Crippen LogP contribution in [0.1, 0.15) is 48.9 Å². The van der Waals surface area contributed by atoms with E-state index in [4.69, 9.17) is 16.3 Å². The second-order valence-corrected chi connectivity index (χ2v) is 6.99. The fraction of sp³-hybridized carbons (Fsp3) is 0.381. The Morgan fingerprint density at radius 1 is 1.32 bits per heavy atom. The topological polar surface area (TPSA) is 38.3 Å². The van der Waals surface area contributed by atoms with Crippen molar-refractivity contribution in [2.45, 2.75) is 51.7 Å². The van der Waals surface area contributed by atoms with Crippen LogP contribution in [-0.4, -0.2) is 12.0 Å². The summed E-state index contributed by atoms with van der Waals surface area (Å²) in [6, 6.07) is 13.9. The molecule has 0 saturated carbocycles. The summed E-state index contributed by atoms with van der Waals surface area (Å²) in [7, 11) is 0. The maximum atomic E-state index is 12.7. The third-order valence-corrected chi connectivity index (χ3v) is 5.18. The highest BCUT2D eigenvalue weighted by molar-refractivity contribution is 6.31. The third-order valence-electron chi connectivity index (χ3n) is 4.76. The van der Waals surface area contributed by atoms with Crippen molar-refractivity contribution >= 4 is 17.5 Å². The summed E-state index contributed by atoms with van der Waals surface area (Å²) in [5, 5.41) is 3.88. The standard InChI is InChI=1S/C21H24ClNO2/c1-3-20(25-16-11-12-18(22)14(2)13-16)21(24)23-19-10-6-8-15-7-4-5-9-17(15)19/h4-5,7,9,11-13,19-20H,3,6,8,10H2,1-2H3,(H,23,24)/t19-,20-/m1/s1. The molecular formula is C21H24ClNO2. The van der Waals surface area contributed by atoms with Gasteiger partial charge in [0.2, 0.25) is 0 Å². The van der Waals surface area contributed by atoms with Gasteiger partial charge in [-0.25, -0.2) is 0 Å². The van der Waals surface area contributed by atoms with Gasteiger partial charge in [0.05, 0.1) is 6.04 Å². The fourth-order valence-electron chi connectivity index (χ4n) is 3.35. The van der Waals surface area contributed by atoms with Crippen molar-refractivity contribution in [3.63, 3.8) is 0 Å². The number of carbonyl (C=O) groups is 1. The lowest BCUT2D eigenvalue weighted by Gasteiger charge is -2.28. The van der Waals surface area contributed by atoms with E-state index in [2.05, 4.69) is 23.5 Å². The molecule has 0 unspecified atom stereocenters. The Labute approximate surface area is 154 Å². The van der Waals surface area contributed by atoms with E-state index < -0.39 is 6.10 Å². The van der Waals surface area contributed by atoms with Gasteiger partial charge in [-0.1, -0.05) is 42.8 Å². The lowest BCUT2D eigenvalue weighted by molar-refractivity contribution is -0.129. The van der Waals surface area contributed by atoms with Gasteiger partial charge in [-0.2, -0.15) is 0 Å². The maximum Gasteiger partial charge on any atom is 0.261 e. The molecule has 25 heavy (non-hydrogen) atoms. The highest BCUT2D eigenvalue weighted by Crippen LogP contribution is 2.30. The predicted octanol–water partition coefficient (Wildman–Crippen LogP) is 5.00. The molecule has 0 saturated heterocycles. The van der Waals surface area contributed by atoms with Crippen LogP contribution < -0.4 is 10.1 Å². The predicted molar refractivity (Wildman–Crippen MR) is 101 cm³/mol. The van der Waals surface area contributed by atoms with Gasteiger partial charge in [-0.05, 0) is 67.5 Å². The minimum atomic E-state index is -0.505. The van der Waals surface area contributed by atoms with Crippen LogP contribution in [0.25, 0.3) is 0 Å². The van der Waals surface area contributed by atoms with Crippen LogP contribution in [-0.2, 0) is 11.2 Å². The molecule has 0 radical (unpaired) electrons. The number of amides is 1. The quantitative estimate of drug-likeness (QED) is 0.817. The maximum absolute atomic E-state index is 12.7. The van der Waals surface area contributed by atoms with E-state index in [1.165, 1.54) is 11.1 Å². The molecule has 0 bridgehead atoms. The highest BCUT2D eigenvalue weighted by Gasteiger charge is 2.25. The van der Waals surface area contributed by atoms with E-state index in [9.17, 15) is 4.79 Å². The van der Waals surface area contributed by atoms with Crippen molar-refractivity contribution in [2.24, 2.45) is 0 Å². The monoisotopic (exact) mass is 357 g/mol. The molecule has 1 N–H and O–H groups in total. The molecule has 1 amide bonds. The summed E-state index contributed by atoms with van der Waals surface area (Å²) in [6.07, 6.45) is 3.26. The average Bonchev–Trinajstić information content (AvgIpc) is 2.63. The van der Waals surface area contributed by atoms with Crippen LogP contribution in [0.3, 0.4) is 0 Å². The van der Waals surface area contributed by atoms with E-state index in [1.54, 1.807) is 12.1 Å². The third kappa shape index (κ3) is 4.16. The minimum absolute atomic E-state index is 0.0585. The summed E-state index contributed by atoms with van der Waals surface area (Å²) < 4.78 is 5.92. The lowest BCUT2D eigenvalue weighted by Crippen LogP contribution is -2.41. The Morgan fingerprint density at radius 3 is 2.88 bits per heavy atom. The van der Waals surface area contributed by atoms with Crippen molar-refractivity contribution in [2.75, 3.05) is 0 Å². The Kier molecular flexibility index (Phi) is 5.64. The van der Waals surface area contributed by atoms with Crippen molar-refractivity contribution in [1.82, 2.24) is 5.32 Å². The molecule has 2 aromatic carbocycles. The van der Waals surface area contributed by atoms with E-state index in [0.717, 1.165) is 24.8 Å². The number of hydrogen-bond acceptors (Lipinski definition) is 2. The zero-order chi connectivity index (χ0) is 17.8. The molecule has 3 rings (SSSR count). The first-order chi connectivity index (χ1) is 12.1. The molecule has 2 aromatic rings. The van der Waals surface area contributed by atoms with Gasteiger partial charge in [0.15, 0.2) is 6.10 Å². The number of rotatable bonds is 5. The number of ether oxygens (including phenoxy) is 1. The smallest absolute Gasteiger partial charge is 0.261 e. The number of hydrogen-bond donors (Lipinski definition) is 1. The molecule has 2 atom stereocenters. The molecule has 3 nitrogen and oxygen atoms in total. The summed E-state index contributed by atoms with van der Waals surface area (Å²) in [5.74, 6) is 0.616. The average molecular weight is 358 g/mol. The number of aryl methyl sites for hydroxylation is 2. The number of benzene rings is 2. The Hall–Kier alpha value is -2.00. The van der Waals surface area contributed by atoms with Crippen LogP contribution in [0.5, 0.6) is 5.75 Å². The number of nitrogens with one attached hydrogen (secondary N) is 1. The molecule has 132 valence electrons. The van der Waals surface area contributed by atoms with Gasteiger partial charge in [0.25, 0.3) is 5.91 Å². The molecule has 1 aliphatic rings. The van der Waals surface area contributed by atoms with Gasteiger partial charge in [-0.3, -0.25) is 4.79 Å². The summed E-state index contributed by atoms with van der Waals surface area (Å²) >= 11 is 6.06. The molecule has 0 heterocycles. The first kappa shape index (κ1) is 17.8. The van der Waals surface area contributed by atoms with E-state index in [0.29, 0.717) is 17.2 Å². The van der Waals surface area contributed by atoms with Crippen molar-refractivity contribution in [3.8, 4) is 5.75 Å². The fourth-order valence-corrected chi connectivity index (χ4v) is 3.46. The van der Waals surface area contributed by atoms with Crippen LogP contribution in [0.2, 0.25) is 5.02 Å². The minimum Gasteiger partial charge on any atom is -0.481 e. The Balaban J connectivity index is 1.70. The molecule has 0 aromatic heterocycles. The van der Waals surface area contributed by atoms with E-state index in [1.807, 2.05) is 26.0 Å². The van der Waals surface area contributed by atoms with Gasteiger partial charge in [-0.15, -0.1) is 0 Å². The van der Waals surface area contributed by atoms with Crippen LogP contribution in [0.15, 0.2) is 42.5 Å². The van der Waals surface area contributed by atoms with Gasteiger partial charge >= 0.3 is 0 Å². The van der Waals surface area contributed by atoms with E-state index >= 15 is 0 Å². The first-order valence-corrected chi connectivity index (χ1v) is 9.27. The second kappa shape index (κ2) is 7.92.